The van der Waals surface area contributed by atoms with Gasteiger partial charge in [0.05, 0.1) is 11.6 Å². The second kappa shape index (κ2) is 6.91. The van der Waals surface area contributed by atoms with Gasteiger partial charge in [0.1, 0.15) is 0 Å². The van der Waals surface area contributed by atoms with Gasteiger partial charge < -0.3 is 10.6 Å². The van der Waals surface area contributed by atoms with Gasteiger partial charge in [-0.1, -0.05) is 12.1 Å². The predicted molar refractivity (Wildman–Crippen MR) is 73.2 cm³/mol. The average molecular weight is 257 g/mol. The molecule has 1 heterocycles. The van der Waals surface area contributed by atoms with Crippen LogP contribution in [0.2, 0.25) is 0 Å². The Morgan fingerprint density at radius 2 is 2.21 bits per heavy atom. The number of hydrogen-bond donors (Lipinski definition) is 2. The average Bonchev–Trinajstić information content (AvgIpc) is 2.47. The van der Waals surface area contributed by atoms with Gasteiger partial charge in [0.15, 0.2) is 0 Å². The lowest BCUT2D eigenvalue weighted by atomic mass is 9.96. The van der Waals surface area contributed by atoms with E-state index < -0.39 is 0 Å². The zero-order valence-corrected chi connectivity index (χ0v) is 11.0. The summed E-state index contributed by atoms with van der Waals surface area (Å²) < 4.78 is 0. The Hall–Kier alpha value is -1.86. The summed E-state index contributed by atoms with van der Waals surface area (Å²) in [7, 11) is 0. The van der Waals surface area contributed by atoms with Crippen LogP contribution >= 0.6 is 0 Å². The molecule has 1 aromatic carbocycles. The third-order valence-corrected chi connectivity index (χ3v) is 3.45. The highest BCUT2D eigenvalue weighted by Gasteiger charge is 2.16. The molecule has 0 bridgehead atoms. The molecule has 1 fully saturated rings. The molecule has 0 aromatic heterocycles. The van der Waals surface area contributed by atoms with Gasteiger partial charge in [0.25, 0.3) is 0 Å². The summed E-state index contributed by atoms with van der Waals surface area (Å²) in [6, 6.07) is 9.37. The van der Waals surface area contributed by atoms with E-state index in [1.165, 1.54) is 0 Å². The van der Waals surface area contributed by atoms with Crippen LogP contribution in [0.5, 0.6) is 0 Å². The lowest BCUT2D eigenvalue weighted by Gasteiger charge is -2.22. The molecule has 1 aromatic rings. The molecule has 4 heteroatoms. The molecule has 1 aliphatic heterocycles. The molecular weight excluding hydrogens is 238 g/mol. The Bertz CT molecular complexity index is 455. The summed E-state index contributed by atoms with van der Waals surface area (Å²) in [5, 5.41) is 15.0. The van der Waals surface area contributed by atoms with Crippen molar-refractivity contribution >= 4 is 5.91 Å². The highest BCUT2D eigenvalue weighted by molar-refractivity contribution is 5.76. The van der Waals surface area contributed by atoms with Gasteiger partial charge in [0, 0.05) is 13.0 Å². The topological polar surface area (TPSA) is 64.9 Å². The van der Waals surface area contributed by atoms with Crippen LogP contribution in [0.4, 0.5) is 0 Å². The van der Waals surface area contributed by atoms with Crippen molar-refractivity contribution in [1.82, 2.24) is 10.6 Å². The van der Waals surface area contributed by atoms with Crippen LogP contribution in [0.15, 0.2) is 24.3 Å². The molecule has 1 atom stereocenters. The summed E-state index contributed by atoms with van der Waals surface area (Å²) in [5.74, 6) is 0.577. The number of nitriles is 1. The van der Waals surface area contributed by atoms with Gasteiger partial charge >= 0.3 is 0 Å². The largest absolute Gasteiger partial charge is 0.352 e. The molecule has 19 heavy (non-hydrogen) atoms. The van der Waals surface area contributed by atoms with Gasteiger partial charge in [-0.15, -0.1) is 0 Å². The maximum absolute atomic E-state index is 11.8. The molecule has 2 rings (SSSR count). The summed E-state index contributed by atoms with van der Waals surface area (Å²) in [4.78, 5) is 11.8. The number of carbonyl (C=O) groups is 1. The minimum atomic E-state index is 0.109. The van der Waals surface area contributed by atoms with Gasteiger partial charge in [-0.3, -0.25) is 4.79 Å². The van der Waals surface area contributed by atoms with E-state index in [1.807, 2.05) is 12.1 Å². The molecule has 0 aliphatic carbocycles. The fourth-order valence-electron chi connectivity index (χ4n) is 2.33. The summed E-state index contributed by atoms with van der Waals surface area (Å²) in [5.41, 5.74) is 1.66. The maximum atomic E-state index is 11.8. The van der Waals surface area contributed by atoms with Crippen LogP contribution in [0.1, 0.15) is 30.4 Å². The van der Waals surface area contributed by atoms with Crippen molar-refractivity contribution in [1.29, 1.82) is 5.26 Å². The first-order valence-corrected chi connectivity index (χ1v) is 6.74. The van der Waals surface area contributed by atoms with E-state index in [-0.39, 0.29) is 5.91 Å². The fourth-order valence-corrected chi connectivity index (χ4v) is 2.33. The number of piperidine rings is 1. The number of hydrogen-bond acceptors (Lipinski definition) is 3. The molecule has 0 saturated carbocycles. The predicted octanol–water partition coefficient (Wildman–Crippen LogP) is 1.56. The number of nitrogens with zero attached hydrogens (tertiary/aromatic N) is 1. The number of benzene rings is 1. The molecule has 0 spiro atoms. The fraction of sp³-hybridized carbons (Fsp3) is 0.467. The zero-order chi connectivity index (χ0) is 13.5. The number of amides is 1. The highest BCUT2D eigenvalue weighted by Crippen LogP contribution is 2.13. The Kier molecular flexibility index (Phi) is 4.93. The first-order chi connectivity index (χ1) is 9.28. The molecule has 1 saturated heterocycles. The van der Waals surface area contributed by atoms with Crippen molar-refractivity contribution in [3.8, 4) is 6.07 Å². The molecule has 1 aliphatic rings. The first kappa shape index (κ1) is 13.6. The van der Waals surface area contributed by atoms with Gasteiger partial charge in [-0.25, -0.2) is 0 Å². The van der Waals surface area contributed by atoms with E-state index in [1.54, 1.807) is 12.1 Å². The summed E-state index contributed by atoms with van der Waals surface area (Å²) >= 11 is 0. The van der Waals surface area contributed by atoms with Gasteiger partial charge in [-0.05, 0) is 49.5 Å². The normalized spacial score (nSPS) is 18.6. The van der Waals surface area contributed by atoms with Gasteiger partial charge in [-0.2, -0.15) is 5.26 Å². The molecule has 0 radical (unpaired) electrons. The van der Waals surface area contributed by atoms with Crippen LogP contribution in [0.25, 0.3) is 0 Å². The zero-order valence-electron chi connectivity index (χ0n) is 11.0. The van der Waals surface area contributed by atoms with Crippen molar-refractivity contribution in [2.45, 2.75) is 25.8 Å². The third-order valence-electron chi connectivity index (χ3n) is 3.45. The smallest absolute Gasteiger partial charge is 0.220 e. The lowest BCUT2D eigenvalue weighted by Crippen LogP contribution is -2.34. The minimum Gasteiger partial charge on any atom is -0.352 e. The molecule has 2 N–H and O–H groups in total. The van der Waals surface area contributed by atoms with Crippen molar-refractivity contribution < 1.29 is 4.79 Å². The molecule has 1 amide bonds. The van der Waals surface area contributed by atoms with E-state index in [0.717, 1.165) is 31.5 Å². The second-order valence-electron chi connectivity index (χ2n) is 5.00. The SMILES string of the molecule is N#Cc1ccc(CNC(=O)CC2CCCNC2)cc1. The summed E-state index contributed by atoms with van der Waals surface area (Å²) in [6.07, 6.45) is 2.90. The van der Waals surface area contributed by atoms with Crippen LogP contribution in [0.3, 0.4) is 0 Å². The van der Waals surface area contributed by atoms with Crippen molar-refractivity contribution in [3.05, 3.63) is 35.4 Å². The van der Waals surface area contributed by atoms with E-state index in [4.69, 9.17) is 5.26 Å². The third kappa shape index (κ3) is 4.38. The molecular formula is C15H19N3O. The quantitative estimate of drug-likeness (QED) is 0.860. The second-order valence-corrected chi connectivity index (χ2v) is 5.00. The maximum Gasteiger partial charge on any atom is 0.220 e. The van der Waals surface area contributed by atoms with Crippen LogP contribution in [0, 0.1) is 17.2 Å². The van der Waals surface area contributed by atoms with Gasteiger partial charge in [0.2, 0.25) is 5.91 Å². The Morgan fingerprint density at radius 1 is 1.42 bits per heavy atom. The number of carbonyl (C=O) groups excluding carboxylic acids is 1. The van der Waals surface area contributed by atoms with Crippen molar-refractivity contribution in [2.75, 3.05) is 13.1 Å². The summed E-state index contributed by atoms with van der Waals surface area (Å²) in [6.45, 7) is 2.55. The van der Waals surface area contributed by atoms with Crippen LogP contribution in [-0.4, -0.2) is 19.0 Å². The number of rotatable bonds is 4. The highest BCUT2D eigenvalue weighted by atomic mass is 16.1. The van der Waals surface area contributed by atoms with Crippen LogP contribution in [-0.2, 0) is 11.3 Å². The van der Waals surface area contributed by atoms with E-state index in [9.17, 15) is 4.79 Å². The molecule has 1 unspecified atom stereocenters. The molecule has 100 valence electrons. The first-order valence-electron chi connectivity index (χ1n) is 6.74. The number of nitrogens with one attached hydrogen (secondary N) is 2. The minimum absolute atomic E-state index is 0.109. The lowest BCUT2D eigenvalue weighted by molar-refractivity contribution is -0.122. The van der Waals surface area contributed by atoms with Crippen molar-refractivity contribution in [2.24, 2.45) is 5.92 Å². The Labute approximate surface area is 113 Å². The van der Waals surface area contributed by atoms with Crippen LogP contribution < -0.4 is 10.6 Å². The molecule has 4 nitrogen and oxygen atoms in total. The monoisotopic (exact) mass is 257 g/mol. The van der Waals surface area contributed by atoms with E-state index in [2.05, 4.69) is 16.7 Å². The Balaban J connectivity index is 1.74. The van der Waals surface area contributed by atoms with Crippen molar-refractivity contribution in [3.63, 3.8) is 0 Å². The van der Waals surface area contributed by atoms with E-state index >= 15 is 0 Å². The van der Waals surface area contributed by atoms with E-state index in [0.29, 0.717) is 24.4 Å². The Morgan fingerprint density at radius 3 is 2.84 bits per heavy atom. The standard InChI is InChI=1S/C15H19N3O/c16-9-12-3-5-13(6-4-12)11-18-15(19)8-14-2-1-7-17-10-14/h3-6,14,17H,1-2,7-8,10-11H2,(H,18,19).